The van der Waals surface area contributed by atoms with E-state index in [1.807, 2.05) is 32.9 Å². The van der Waals surface area contributed by atoms with Crippen molar-refractivity contribution in [2.24, 2.45) is 5.73 Å². The van der Waals surface area contributed by atoms with Crippen molar-refractivity contribution in [2.45, 2.75) is 64.1 Å². The zero-order valence-corrected chi connectivity index (χ0v) is 12.9. The molecule has 0 heterocycles. The summed E-state index contributed by atoms with van der Waals surface area (Å²) in [6, 6.07) is 0.876. The van der Waals surface area contributed by atoms with Gasteiger partial charge in [-0.05, 0) is 40.0 Å². The van der Waals surface area contributed by atoms with E-state index in [0.29, 0.717) is 18.6 Å². The monoisotopic (exact) mass is 283 g/mol. The quantitative estimate of drug-likeness (QED) is 0.674. The van der Waals surface area contributed by atoms with Crippen molar-refractivity contribution in [3.8, 4) is 0 Å². The highest BCUT2D eigenvalue weighted by atomic mass is 16.6. The Bertz CT molecular complexity index is 324. The lowest BCUT2D eigenvalue weighted by molar-refractivity contribution is 0.0534. The lowest BCUT2D eigenvalue weighted by Crippen LogP contribution is -2.39. The number of hydrogen-bond acceptors (Lipinski definition) is 4. The van der Waals surface area contributed by atoms with Crippen LogP contribution in [0.25, 0.3) is 0 Å². The van der Waals surface area contributed by atoms with Crippen molar-refractivity contribution in [1.29, 1.82) is 0 Å². The number of carbonyl (C=O) groups is 1. The Balaban J connectivity index is 2.06. The smallest absolute Gasteiger partial charge is 0.407 e. The molecule has 1 saturated carbocycles. The first-order chi connectivity index (χ1) is 9.37. The molecule has 2 atom stereocenters. The maximum absolute atomic E-state index is 11.4. The third-order valence-electron chi connectivity index (χ3n) is 3.17. The second-order valence-electron chi connectivity index (χ2n) is 6.39. The Hall–Kier alpha value is -1.07. The van der Waals surface area contributed by atoms with Gasteiger partial charge in [-0.2, -0.15) is 0 Å². The molecule has 0 radical (unpaired) electrons. The van der Waals surface area contributed by atoms with Crippen LogP contribution >= 0.6 is 0 Å². The van der Waals surface area contributed by atoms with E-state index >= 15 is 0 Å². The average molecular weight is 283 g/mol. The van der Waals surface area contributed by atoms with Gasteiger partial charge in [0, 0.05) is 25.2 Å². The van der Waals surface area contributed by atoms with Crippen LogP contribution in [-0.4, -0.2) is 36.9 Å². The molecule has 0 aromatic rings. The molecule has 5 heteroatoms. The van der Waals surface area contributed by atoms with Crippen molar-refractivity contribution in [3.63, 3.8) is 0 Å². The van der Waals surface area contributed by atoms with Gasteiger partial charge >= 0.3 is 6.09 Å². The molecule has 0 saturated heterocycles. The van der Waals surface area contributed by atoms with Gasteiger partial charge in [0.25, 0.3) is 0 Å². The predicted octanol–water partition coefficient (Wildman–Crippen LogP) is 1.93. The topological polar surface area (TPSA) is 76.4 Å². The summed E-state index contributed by atoms with van der Waals surface area (Å²) in [4.78, 5) is 11.4. The zero-order valence-electron chi connectivity index (χ0n) is 12.9. The highest BCUT2D eigenvalue weighted by Crippen LogP contribution is 2.16. The SMILES string of the molecule is CC(C)(C)OC(=O)NC/C=C/CNC1CCCC(N)C1. The Morgan fingerprint density at radius 2 is 2.00 bits per heavy atom. The number of hydrogen-bond donors (Lipinski definition) is 3. The molecule has 1 aliphatic carbocycles. The van der Waals surface area contributed by atoms with Crippen LogP contribution in [-0.2, 0) is 4.74 Å². The average Bonchev–Trinajstić information content (AvgIpc) is 2.31. The molecule has 1 amide bonds. The lowest BCUT2D eigenvalue weighted by atomic mass is 9.92. The van der Waals surface area contributed by atoms with Gasteiger partial charge < -0.3 is 21.1 Å². The van der Waals surface area contributed by atoms with E-state index in [1.165, 1.54) is 12.8 Å². The zero-order chi connectivity index (χ0) is 15.0. The van der Waals surface area contributed by atoms with Crippen LogP contribution in [0, 0.1) is 0 Å². The Labute approximate surface area is 122 Å². The predicted molar refractivity (Wildman–Crippen MR) is 81.6 cm³/mol. The first kappa shape index (κ1) is 17.0. The largest absolute Gasteiger partial charge is 0.444 e. The van der Waals surface area contributed by atoms with Crippen molar-refractivity contribution in [3.05, 3.63) is 12.2 Å². The fourth-order valence-electron chi connectivity index (χ4n) is 2.27. The molecule has 116 valence electrons. The molecule has 0 spiro atoms. The minimum atomic E-state index is -0.449. The van der Waals surface area contributed by atoms with Gasteiger partial charge in [-0.1, -0.05) is 18.6 Å². The highest BCUT2D eigenvalue weighted by Gasteiger charge is 2.17. The Kier molecular flexibility index (Phi) is 7.02. The number of ether oxygens (including phenoxy) is 1. The molecule has 5 nitrogen and oxygen atoms in total. The highest BCUT2D eigenvalue weighted by molar-refractivity contribution is 5.67. The maximum atomic E-state index is 11.4. The van der Waals surface area contributed by atoms with Gasteiger partial charge in [-0.3, -0.25) is 0 Å². The summed E-state index contributed by atoms with van der Waals surface area (Å²) in [7, 11) is 0. The first-order valence-electron chi connectivity index (χ1n) is 7.47. The fourth-order valence-corrected chi connectivity index (χ4v) is 2.27. The van der Waals surface area contributed by atoms with Gasteiger partial charge in [0.15, 0.2) is 0 Å². The molecule has 2 unspecified atom stereocenters. The van der Waals surface area contributed by atoms with Crippen molar-refractivity contribution < 1.29 is 9.53 Å². The number of amides is 1. The van der Waals surface area contributed by atoms with E-state index in [2.05, 4.69) is 10.6 Å². The van der Waals surface area contributed by atoms with E-state index in [9.17, 15) is 4.79 Å². The van der Waals surface area contributed by atoms with Crippen LogP contribution in [0.5, 0.6) is 0 Å². The Morgan fingerprint density at radius 3 is 2.65 bits per heavy atom. The first-order valence-corrected chi connectivity index (χ1v) is 7.47. The molecule has 20 heavy (non-hydrogen) atoms. The minimum absolute atomic E-state index is 0.346. The number of nitrogens with one attached hydrogen (secondary N) is 2. The van der Waals surface area contributed by atoms with E-state index in [4.69, 9.17) is 10.5 Å². The van der Waals surface area contributed by atoms with E-state index in [-0.39, 0.29) is 6.09 Å². The van der Waals surface area contributed by atoms with Crippen LogP contribution in [0.2, 0.25) is 0 Å². The van der Waals surface area contributed by atoms with Gasteiger partial charge in [0.1, 0.15) is 5.60 Å². The van der Waals surface area contributed by atoms with Crippen LogP contribution in [0.1, 0.15) is 46.5 Å². The van der Waals surface area contributed by atoms with E-state index in [1.54, 1.807) is 0 Å². The summed E-state index contributed by atoms with van der Waals surface area (Å²) in [6.07, 6.45) is 8.20. The van der Waals surface area contributed by atoms with Crippen LogP contribution in [0.4, 0.5) is 4.79 Å². The third-order valence-corrected chi connectivity index (χ3v) is 3.17. The summed E-state index contributed by atoms with van der Waals surface area (Å²) in [5, 5.41) is 6.16. The maximum Gasteiger partial charge on any atom is 0.407 e. The molecular weight excluding hydrogens is 254 g/mol. The second kappa shape index (κ2) is 8.27. The minimum Gasteiger partial charge on any atom is -0.444 e. The van der Waals surface area contributed by atoms with Crippen LogP contribution in [0.15, 0.2) is 12.2 Å². The molecule has 0 bridgehead atoms. The summed E-state index contributed by atoms with van der Waals surface area (Å²) in [5.41, 5.74) is 5.49. The van der Waals surface area contributed by atoms with Gasteiger partial charge in [-0.15, -0.1) is 0 Å². The molecule has 4 N–H and O–H groups in total. The summed E-state index contributed by atoms with van der Waals surface area (Å²) in [5.74, 6) is 0. The van der Waals surface area contributed by atoms with Gasteiger partial charge in [0.2, 0.25) is 0 Å². The van der Waals surface area contributed by atoms with Gasteiger partial charge in [-0.25, -0.2) is 4.79 Å². The Morgan fingerprint density at radius 1 is 1.30 bits per heavy atom. The number of nitrogens with two attached hydrogens (primary N) is 1. The number of rotatable bonds is 5. The van der Waals surface area contributed by atoms with Crippen molar-refractivity contribution >= 4 is 6.09 Å². The lowest BCUT2D eigenvalue weighted by Gasteiger charge is -2.27. The van der Waals surface area contributed by atoms with Crippen molar-refractivity contribution in [1.82, 2.24) is 10.6 Å². The molecule has 1 rings (SSSR count). The van der Waals surface area contributed by atoms with Crippen LogP contribution < -0.4 is 16.4 Å². The molecule has 1 aliphatic rings. The van der Waals surface area contributed by atoms with Gasteiger partial charge in [0.05, 0.1) is 0 Å². The molecule has 1 fully saturated rings. The normalized spacial score (nSPS) is 23.8. The summed E-state index contributed by atoms with van der Waals surface area (Å²) in [6.45, 7) is 6.85. The molecule has 0 aromatic heterocycles. The standard InChI is InChI=1S/C15H29N3O2/c1-15(2,3)20-14(19)18-10-5-4-9-17-13-8-6-7-12(16)11-13/h4-5,12-13,17H,6-11,16H2,1-3H3,(H,18,19)/b5-4+. The summed E-state index contributed by atoms with van der Waals surface area (Å²) >= 11 is 0. The van der Waals surface area contributed by atoms with E-state index < -0.39 is 5.60 Å². The van der Waals surface area contributed by atoms with Crippen LogP contribution in [0.3, 0.4) is 0 Å². The number of carbonyl (C=O) groups excluding carboxylic acids is 1. The van der Waals surface area contributed by atoms with E-state index in [0.717, 1.165) is 19.4 Å². The molecule has 0 aromatic carbocycles. The second-order valence-corrected chi connectivity index (χ2v) is 6.39. The third kappa shape index (κ3) is 8.17. The van der Waals surface area contributed by atoms with Crippen molar-refractivity contribution in [2.75, 3.05) is 13.1 Å². The molecular formula is C15H29N3O2. The fraction of sp³-hybridized carbons (Fsp3) is 0.800. The molecule has 0 aliphatic heterocycles. The summed E-state index contributed by atoms with van der Waals surface area (Å²) < 4.78 is 5.14. The number of alkyl carbamates (subject to hydrolysis) is 1.